The average Bonchev–Trinajstić information content (AvgIpc) is 2.49. The molecule has 1 aromatic heterocycles. The number of nitrogens with zero attached hydrogens (tertiary/aromatic N) is 1. The van der Waals surface area contributed by atoms with Gasteiger partial charge in [0, 0.05) is 12.3 Å². The van der Waals surface area contributed by atoms with Crippen molar-refractivity contribution in [1.29, 1.82) is 0 Å². The standard InChI is InChI=1S/C9H15NOS/c1-10(2)5-7-12-8-9-4-3-6-11-9/h3-4,6H,5,7-8H2,1-2H3. The molecule has 3 heteroatoms. The van der Waals surface area contributed by atoms with Crippen LogP contribution < -0.4 is 0 Å². The van der Waals surface area contributed by atoms with Crippen molar-refractivity contribution in [2.45, 2.75) is 5.75 Å². The van der Waals surface area contributed by atoms with Crippen LogP contribution in [0.5, 0.6) is 0 Å². The third-order valence-corrected chi connectivity index (χ3v) is 2.47. The van der Waals surface area contributed by atoms with E-state index >= 15 is 0 Å². The average molecular weight is 185 g/mol. The normalized spacial score (nSPS) is 10.9. The number of thioether (sulfide) groups is 1. The molecule has 12 heavy (non-hydrogen) atoms. The first kappa shape index (κ1) is 9.68. The fourth-order valence-electron chi connectivity index (χ4n) is 0.815. The summed E-state index contributed by atoms with van der Waals surface area (Å²) in [6, 6.07) is 3.95. The highest BCUT2D eigenvalue weighted by molar-refractivity contribution is 7.98. The van der Waals surface area contributed by atoms with Crippen LogP contribution in [0.2, 0.25) is 0 Å². The van der Waals surface area contributed by atoms with Crippen LogP contribution in [0.25, 0.3) is 0 Å². The SMILES string of the molecule is CN(C)CCSCc1ccco1. The molecule has 0 fully saturated rings. The van der Waals surface area contributed by atoms with Crippen molar-refractivity contribution in [3.8, 4) is 0 Å². The molecule has 1 aromatic rings. The Balaban J connectivity index is 2.04. The van der Waals surface area contributed by atoms with E-state index in [0.29, 0.717) is 0 Å². The Bertz CT molecular complexity index is 196. The lowest BCUT2D eigenvalue weighted by atomic mass is 10.5. The summed E-state index contributed by atoms with van der Waals surface area (Å²) in [5.74, 6) is 3.22. The van der Waals surface area contributed by atoms with Gasteiger partial charge in [0.05, 0.1) is 12.0 Å². The summed E-state index contributed by atoms with van der Waals surface area (Å²) in [4.78, 5) is 2.19. The van der Waals surface area contributed by atoms with Crippen LogP contribution in [-0.2, 0) is 5.75 Å². The molecule has 0 unspecified atom stereocenters. The van der Waals surface area contributed by atoms with Crippen LogP contribution in [0.3, 0.4) is 0 Å². The van der Waals surface area contributed by atoms with E-state index in [0.717, 1.165) is 23.8 Å². The lowest BCUT2D eigenvalue weighted by Crippen LogP contribution is -2.14. The van der Waals surface area contributed by atoms with Crippen LogP contribution in [0.15, 0.2) is 22.8 Å². The maximum atomic E-state index is 5.21. The Hall–Kier alpha value is -0.410. The van der Waals surface area contributed by atoms with Crippen LogP contribution >= 0.6 is 11.8 Å². The molecule has 0 aliphatic rings. The number of rotatable bonds is 5. The van der Waals surface area contributed by atoms with E-state index in [1.54, 1.807) is 6.26 Å². The van der Waals surface area contributed by atoms with E-state index in [4.69, 9.17) is 4.42 Å². The van der Waals surface area contributed by atoms with Crippen LogP contribution in [0.4, 0.5) is 0 Å². The fraction of sp³-hybridized carbons (Fsp3) is 0.556. The molecule has 68 valence electrons. The van der Waals surface area contributed by atoms with Gasteiger partial charge in [-0.2, -0.15) is 11.8 Å². The van der Waals surface area contributed by atoms with Crippen molar-refractivity contribution >= 4 is 11.8 Å². The summed E-state index contributed by atoms with van der Waals surface area (Å²) in [7, 11) is 4.18. The van der Waals surface area contributed by atoms with Gasteiger partial charge in [0.25, 0.3) is 0 Å². The van der Waals surface area contributed by atoms with Gasteiger partial charge in [-0.05, 0) is 26.2 Å². The smallest absolute Gasteiger partial charge is 0.113 e. The summed E-state index contributed by atoms with van der Waals surface area (Å²) < 4.78 is 5.21. The van der Waals surface area contributed by atoms with E-state index in [9.17, 15) is 0 Å². The highest BCUT2D eigenvalue weighted by Gasteiger charge is 1.95. The molecule has 1 rings (SSSR count). The summed E-state index contributed by atoms with van der Waals surface area (Å²) in [6.07, 6.45) is 1.72. The second-order valence-corrected chi connectivity index (χ2v) is 4.04. The van der Waals surface area contributed by atoms with E-state index in [2.05, 4.69) is 19.0 Å². The highest BCUT2D eigenvalue weighted by Crippen LogP contribution is 2.11. The summed E-state index contributed by atoms with van der Waals surface area (Å²) in [6.45, 7) is 1.13. The summed E-state index contributed by atoms with van der Waals surface area (Å²) in [5.41, 5.74) is 0. The van der Waals surface area contributed by atoms with Crippen LogP contribution in [0.1, 0.15) is 5.76 Å². The van der Waals surface area contributed by atoms with Crippen molar-refractivity contribution in [1.82, 2.24) is 4.90 Å². The largest absolute Gasteiger partial charge is 0.468 e. The van der Waals surface area contributed by atoms with E-state index in [1.165, 1.54) is 0 Å². The van der Waals surface area contributed by atoms with Crippen molar-refractivity contribution in [2.75, 3.05) is 26.4 Å². The van der Waals surface area contributed by atoms with E-state index in [1.807, 2.05) is 23.9 Å². The molecule has 0 aliphatic carbocycles. The Kier molecular flexibility index (Phi) is 4.25. The molecule has 0 aromatic carbocycles. The Morgan fingerprint density at radius 2 is 2.33 bits per heavy atom. The molecule has 2 nitrogen and oxygen atoms in total. The van der Waals surface area contributed by atoms with Crippen molar-refractivity contribution in [2.24, 2.45) is 0 Å². The first-order chi connectivity index (χ1) is 5.79. The molecule has 0 bridgehead atoms. The molecule has 0 aliphatic heterocycles. The zero-order valence-electron chi connectivity index (χ0n) is 7.62. The Labute approximate surface area is 77.9 Å². The molecule has 0 saturated heterocycles. The first-order valence-electron chi connectivity index (χ1n) is 4.04. The summed E-state index contributed by atoms with van der Waals surface area (Å²) >= 11 is 1.90. The van der Waals surface area contributed by atoms with Crippen LogP contribution in [-0.4, -0.2) is 31.3 Å². The minimum absolute atomic E-state index is 0.987. The van der Waals surface area contributed by atoms with E-state index < -0.39 is 0 Å². The molecule has 0 spiro atoms. The van der Waals surface area contributed by atoms with Gasteiger partial charge in [-0.15, -0.1) is 0 Å². The van der Waals surface area contributed by atoms with Gasteiger partial charge < -0.3 is 9.32 Å². The number of furan rings is 1. The predicted molar refractivity (Wildman–Crippen MR) is 53.4 cm³/mol. The molecule has 0 radical (unpaired) electrons. The maximum Gasteiger partial charge on any atom is 0.113 e. The summed E-state index contributed by atoms with van der Waals surface area (Å²) in [5, 5.41) is 0. The second kappa shape index (κ2) is 5.27. The number of hydrogen-bond donors (Lipinski definition) is 0. The third kappa shape index (κ3) is 3.83. The fourth-order valence-corrected chi connectivity index (χ4v) is 1.82. The molecule has 0 atom stereocenters. The quantitative estimate of drug-likeness (QED) is 0.653. The van der Waals surface area contributed by atoms with E-state index in [-0.39, 0.29) is 0 Å². The molecule has 0 amide bonds. The lowest BCUT2D eigenvalue weighted by Gasteiger charge is -2.07. The Morgan fingerprint density at radius 3 is 2.92 bits per heavy atom. The zero-order valence-corrected chi connectivity index (χ0v) is 8.43. The van der Waals surface area contributed by atoms with Gasteiger partial charge in [0.15, 0.2) is 0 Å². The molecule has 0 saturated carbocycles. The van der Waals surface area contributed by atoms with Crippen molar-refractivity contribution in [3.05, 3.63) is 24.2 Å². The van der Waals surface area contributed by atoms with Crippen molar-refractivity contribution in [3.63, 3.8) is 0 Å². The predicted octanol–water partition coefficient (Wildman–Crippen LogP) is 2.07. The minimum atomic E-state index is 0.987. The lowest BCUT2D eigenvalue weighted by molar-refractivity contribution is 0.437. The molecule has 1 heterocycles. The monoisotopic (exact) mass is 185 g/mol. The van der Waals surface area contributed by atoms with Gasteiger partial charge in [0.2, 0.25) is 0 Å². The van der Waals surface area contributed by atoms with Crippen LogP contribution in [0, 0.1) is 0 Å². The van der Waals surface area contributed by atoms with Gasteiger partial charge in [0.1, 0.15) is 5.76 Å². The molecular weight excluding hydrogens is 170 g/mol. The van der Waals surface area contributed by atoms with Gasteiger partial charge in [-0.3, -0.25) is 0 Å². The highest BCUT2D eigenvalue weighted by atomic mass is 32.2. The maximum absolute atomic E-state index is 5.21. The van der Waals surface area contributed by atoms with Crippen molar-refractivity contribution < 1.29 is 4.42 Å². The van der Waals surface area contributed by atoms with Gasteiger partial charge in [-0.1, -0.05) is 0 Å². The van der Waals surface area contributed by atoms with Gasteiger partial charge >= 0.3 is 0 Å². The third-order valence-electron chi connectivity index (χ3n) is 1.51. The minimum Gasteiger partial charge on any atom is -0.468 e. The molecular formula is C9H15NOS. The first-order valence-corrected chi connectivity index (χ1v) is 5.19. The van der Waals surface area contributed by atoms with Gasteiger partial charge in [-0.25, -0.2) is 0 Å². The number of hydrogen-bond acceptors (Lipinski definition) is 3. The topological polar surface area (TPSA) is 16.4 Å². The zero-order chi connectivity index (χ0) is 8.81. The second-order valence-electron chi connectivity index (χ2n) is 2.94. The Morgan fingerprint density at radius 1 is 1.50 bits per heavy atom. The molecule has 0 N–H and O–H groups in total.